The Balaban J connectivity index is 2.55. The van der Waals surface area contributed by atoms with Gasteiger partial charge in [0.05, 0.1) is 6.61 Å². The molecule has 1 aromatic heterocycles. The fourth-order valence-corrected chi connectivity index (χ4v) is 2.35. The van der Waals surface area contributed by atoms with Crippen LogP contribution in [-0.4, -0.2) is 28.7 Å². The van der Waals surface area contributed by atoms with Crippen LogP contribution in [0.1, 0.15) is 23.0 Å². The number of amides is 1. The lowest BCUT2D eigenvalue weighted by Gasteiger charge is -2.08. The topological polar surface area (TPSA) is 54.3 Å². The number of para-hydroxylation sites is 1. The molecule has 0 bridgehead atoms. The highest BCUT2D eigenvalue weighted by Gasteiger charge is 2.18. The number of aryl methyl sites for hydroxylation is 2. The van der Waals surface area contributed by atoms with Gasteiger partial charge in [-0.1, -0.05) is 18.2 Å². The van der Waals surface area contributed by atoms with Gasteiger partial charge in [0.1, 0.15) is 5.69 Å². The molecule has 4 heteroatoms. The number of rotatable bonds is 4. The second kappa shape index (κ2) is 5.23. The van der Waals surface area contributed by atoms with E-state index >= 15 is 0 Å². The largest absolute Gasteiger partial charge is 0.395 e. The number of aliphatic hydroxyl groups excluding tert-OH is 1. The molecule has 1 aromatic carbocycles. The number of benzene rings is 1. The summed E-state index contributed by atoms with van der Waals surface area (Å²) in [6.45, 7) is 4.97. The molecule has 1 amide bonds. The first-order chi connectivity index (χ1) is 8.70. The predicted octanol–water partition coefficient (Wildman–Crippen LogP) is 1.69. The third kappa shape index (κ3) is 1.99. The minimum atomic E-state index is -0.125. The molecule has 96 valence electrons. The van der Waals surface area contributed by atoms with E-state index in [4.69, 9.17) is 5.11 Å². The molecule has 0 atom stereocenters. The van der Waals surface area contributed by atoms with Gasteiger partial charge in [-0.3, -0.25) is 4.79 Å². The third-order valence-corrected chi connectivity index (χ3v) is 3.15. The van der Waals surface area contributed by atoms with Gasteiger partial charge in [0.25, 0.3) is 5.91 Å². The molecular weight excluding hydrogens is 228 g/mol. The second-order valence-corrected chi connectivity index (χ2v) is 4.21. The Labute approximate surface area is 106 Å². The molecule has 0 spiro atoms. The number of nitrogens with one attached hydrogen (secondary N) is 1. The Kier molecular flexibility index (Phi) is 3.67. The van der Waals surface area contributed by atoms with Crippen molar-refractivity contribution in [3.63, 3.8) is 0 Å². The number of fused-ring (bicyclic) bond motifs is 1. The highest BCUT2D eigenvalue weighted by molar-refractivity contribution is 6.01. The van der Waals surface area contributed by atoms with E-state index < -0.39 is 0 Å². The van der Waals surface area contributed by atoms with E-state index in [0.717, 1.165) is 23.0 Å². The van der Waals surface area contributed by atoms with E-state index in [2.05, 4.69) is 5.32 Å². The van der Waals surface area contributed by atoms with Crippen molar-refractivity contribution in [1.29, 1.82) is 0 Å². The molecule has 1 heterocycles. The smallest absolute Gasteiger partial charge is 0.268 e. The van der Waals surface area contributed by atoms with Crippen molar-refractivity contribution in [2.75, 3.05) is 13.2 Å². The lowest BCUT2D eigenvalue weighted by Crippen LogP contribution is -2.29. The maximum Gasteiger partial charge on any atom is 0.268 e. The standard InChI is InChI=1S/C14H18N2O2/c1-3-16-12-7-5-4-6-11(12)10(2)13(16)14(18)15-8-9-17/h4-7,17H,3,8-9H2,1-2H3,(H,15,18). The van der Waals surface area contributed by atoms with E-state index in [9.17, 15) is 4.79 Å². The Morgan fingerprint density at radius 3 is 2.78 bits per heavy atom. The summed E-state index contributed by atoms with van der Waals surface area (Å²) >= 11 is 0. The molecule has 2 N–H and O–H groups in total. The normalized spacial score (nSPS) is 10.8. The molecule has 0 aliphatic carbocycles. The van der Waals surface area contributed by atoms with Gasteiger partial charge in [-0.2, -0.15) is 0 Å². The van der Waals surface area contributed by atoms with Gasteiger partial charge in [-0.15, -0.1) is 0 Å². The predicted molar refractivity (Wildman–Crippen MR) is 71.8 cm³/mol. The second-order valence-electron chi connectivity index (χ2n) is 4.21. The first kappa shape index (κ1) is 12.6. The van der Waals surface area contributed by atoms with Crippen LogP contribution >= 0.6 is 0 Å². The highest BCUT2D eigenvalue weighted by atomic mass is 16.3. The van der Waals surface area contributed by atoms with Crippen molar-refractivity contribution in [2.24, 2.45) is 0 Å². The molecule has 0 aliphatic heterocycles. The Morgan fingerprint density at radius 2 is 2.11 bits per heavy atom. The molecule has 0 saturated heterocycles. The van der Waals surface area contributed by atoms with E-state index in [1.165, 1.54) is 0 Å². The van der Waals surface area contributed by atoms with Crippen LogP contribution in [0.4, 0.5) is 0 Å². The Bertz CT molecular complexity index is 572. The molecule has 18 heavy (non-hydrogen) atoms. The van der Waals surface area contributed by atoms with Crippen LogP contribution in [0.3, 0.4) is 0 Å². The Morgan fingerprint density at radius 1 is 1.39 bits per heavy atom. The molecule has 4 nitrogen and oxygen atoms in total. The number of carbonyl (C=O) groups is 1. The Hall–Kier alpha value is -1.81. The summed E-state index contributed by atoms with van der Waals surface area (Å²) in [4.78, 5) is 12.1. The number of hydrogen-bond donors (Lipinski definition) is 2. The van der Waals surface area contributed by atoms with E-state index in [0.29, 0.717) is 5.69 Å². The summed E-state index contributed by atoms with van der Waals surface area (Å²) in [7, 11) is 0. The molecule has 0 unspecified atom stereocenters. The minimum Gasteiger partial charge on any atom is -0.395 e. The fraction of sp³-hybridized carbons (Fsp3) is 0.357. The molecule has 0 fully saturated rings. The molecule has 2 aromatic rings. The van der Waals surface area contributed by atoms with E-state index in [1.54, 1.807) is 0 Å². The van der Waals surface area contributed by atoms with Gasteiger partial charge in [0, 0.05) is 24.0 Å². The first-order valence-corrected chi connectivity index (χ1v) is 6.17. The van der Waals surface area contributed by atoms with Crippen LogP contribution in [0.5, 0.6) is 0 Å². The lowest BCUT2D eigenvalue weighted by atomic mass is 10.1. The molecule has 0 saturated carbocycles. The van der Waals surface area contributed by atoms with Crippen LogP contribution in [0, 0.1) is 6.92 Å². The summed E-state index contributed by atoms with van der Waals surface area (Å²) in [5.41, 5.74) is 2.75. The zero-order chi connectivity index (χ0) is 13.1. The summed E-state index contributed by atoms with van der Waals surface area (Å²) in [6, 6.07) is 8.00. The molecule has 0 radical (unpaired) electrons. The number of hydrogen-bond acceptors (Lipinski definition) is 2. The fourth-order valence-electron chi connectivity index (χ4n) is 2.35. The van der Waals surface area contributed by atoms with Crippen LogP contribution < -0.4 is 5.32 Å². The summed E-state index contributed by atoms with van der Waals surface area (Å²) in [6.07, 6.45) is 0. The van der Waals surface area contributed by atoms with Gasteiger partial charge >= 0.3 is 0 Å². The average molecular weight is 246 g/mol. The monoisotopic (exact) mass is 246 g/mol. The van der Waals surface area contributed by atoms with Gasteiger partial charge in [-0.25, -0.2) is 0 Å². The molecular formula is C14H18N2O2. The third-order valence-electron chi connectivity index (χ3n) is 3.15. The zero-order valence-electron chi connectivity index (χ0n) is 10.7. The maximum atomic E-state index is 12.1. The summed E-state index contributed by atoms with van der Waals surface area (Å²) in [5.74, 6) is -0.125. The minimum absolute atomic E-state index is 0.0445. The van der Waals surface area contributed by atoms with Crippen molar-refractivity contribution in [3.8, 4) is 0 Å². The average Bonchev–Trinajstić information content (AvgIpc) is 2.69. The van der Waals surface area contributed by atoms with Gasteiger partial charge in [0.15, 0.2) is 0 Å². The van der Waals surface area contributed by atoms with E-state index in [-0.39, 0.29) is 19.1 Å². The number of carbonyl (C=O) groups excluding carboxylic acids is 1. The zero-order valence-corrected chi connectivity index (χ0v) is 10.7. The van der Waals surface area contributed by atoms with Gasteiger partial charge in [0.2, 0.25) is 0 Å². The highest BCUT2D eigenvalue weighted by Crippen LogP contribution is 2.25. The van der Waals surface area contributed by atoms with Gasteiger partial charge < -0.3 is 15.0 Å². The lowest BCUT2D eigenvalue weighted by molar-refractivity contribution is 0.0935. The van der Waals surface area contributed by atoms with Crippen LogP contribution in [-0.2, 0) is 6.54 Å². The molecule has 2 rings (SSSR count). The van der Waals surface area contributed by atoms with Crippen LogP contribution in [0.15, 0.2) is 24.3 Å². The quantitative estimate of drug-likeness (QED) is 0.862. The number of nitrogens with zero attached hydrogens (tertiary/aromatic N) is 1. The summed E-state index contributed by atoms with van der Waals surface area (Å²) < 4.78 is 2.01. The SMILES string of the molecule is CCn1c(C(=O)NCCO)c(C)c2ccccc21. The van der Waals surface area contributed by atoms with Crippen molar-refractivity contribution in [3.05, 3.63) is 35.5 Å². The van der Waals surface area contributed by atoms with E-state index in [1.807, 2.05) is 42.7 Å². The van der Waals surface area contributed by atoms with Crippen molar-refractivity contribution >= 4 is 16.8 Å². The van der Waals surface area contributed by atoms with Crippen molar-refractivity contribution < 1.29 is 9.90 Å². The van der Waals surface area contributed by atoms with Crippen LogP contribution in [0.2, 0.25) is 0 Å². The van der Waals surface area contributed by atoms with Crippen LogP contribution in [0.25, 0.3) is 10.9 Å². The van der Waals surface area contributed by atoms with Crippen molar-refractivity contribution in [1.82, 2.24) is 9.88 Å². The number of aliphatic hydroxyl groups is 1. The summed E-state index contributed by atoms with van der Waals surface area (Å²) in [5, 5.41) is 12.6. The van der Waals surface area contributed by atoms with Gasteiger partial charge in [-0.05, 0) is 25.5 Å². The molecule has 0 aliphatic rings. The van der Waals surface area contributed by atoms with Crippen molar-refractivity contribution in [2.45, 2.75) is 20.4 Å². The first-order valence-electron chi connectivity index (χ1n) is 6.17. The number of aromatic nitrogens is 1. The maximum absolute atomic E-state index is 12.1.